The van der Waals surface area contributed by atoms with Crippen LogP contribution in [-0.2, 0) is 16.1 Å². The second kappa shape index (κ2) is 6.75. The van der Waals surface area contributed by atoms with Gasteiger partial charge in [0.1, 0.15) is 10.3 Å². The molecule has 21 heavy (non-hydrogen) atoms. The summed E-state index contributed by atoms with van der Waals surface area (Å²) >= 11 is -1.08. The van der Waals surface area contributed by atoms with Crippen molar-refractivity contribution in [2.45, 2.75) is 71.3 Å². The van der Waals surface area contributed by atoms with E-state index in [2.05, 4.69) is 11.6 Å². The summed E-state index contributed by atoms with van der Waals surface area (Å²) in [6, 6.07) is 0.170. The molecule has 0 aromatic heterocycles. The quantitative estimate of drug-likeness (QED) is 0.809. The van der Waals surface area contributed by atoms with E-state index < -0.39 is 17.0 Å². The molecule has 0 aliphatic carbocycles. The first-order chi connectivity index (χ1) is 9.44. The third-order valence-corrected chi connectivity index (χ3v) is 5.01. The Balaban J connectivity index is 2.45. The molecule has 1 aliphatic rings. The van der Waals surface area contributed by atoms with E-state index in [-0.39, 0.29) is 16.9 Å². The molecule has 2 unspecified atom stereocenters. The van der Waals surface area contributed by atoms with Crippen LogP contribution >= 0.6 is 0 Å². The van der Waals surface area contributed by atoms with Gasteiger partial charge in [0.05, 0.1) is 6.04 Å². The second-order valence-electron chi connectivity index (χ2n) is 7.66. The molecule has 0 aromatic rings. The van der Waals surface area contributed by atoms with Crippen LogP contribution in [0.25, 0.3) is 0 Å². The lowest BCUT2D eigenvalue weighted by molar-refractivity contribution is -0.00569. The van der Waals surface area contributed by atoms with Crippen molar-refractivity contribution in [1.82, 2.24) is 9.62 Å². The third-order valence-electron chi connectivity index (χ3n) is 3.38. The topological polar surface area (TPSA) is 64.6 Å². The molecule has 0 spiro atoms. The molecule has 124 valence electrons. The summed E-state index contributed by atoms with van der Waals surface area (Å²) in [5.41, 5.74) is -0.460. The predicted molar refractivity (Wildman–Crippen MR) is 86.4 cm³/mol. The van der Waals surface area contributed by atoms with Gasteiger partial charge in [0.15, 0.2) is 0 Å². The van der Waals surface area contributed by atoms with Crippen molar-refractivity contribution in [3.8, 4) is 0 Å². The third kappa shape index (κ3) is 5.68. The zero-order valence-electron chi connectivity index (χ0n) is 14.4. The summed E-state index contributed by atoms with van der Waals surface area (Å²) in [4.78, 5) is 13.6. The molecule has 0 saturated carbocycles. The number of carbonyl (C=O) groups is 1. The summed E-state index contributed by atoms with van der Waals surface area (Å²) in [6.45, 7) is 14.9. The maximum Gasteiger partial charge on any atom is 0.410 e. The molecule has 0 aromatic carbocycles. The molecule has 1 rings (SSSR count). The van der Waals surface area contributed by atoms with Crippen LogP contribution in [0.4, 0.5) is 4.79 Å². The minimum atomic E-state index is -1.08. The fraction of sp³-hybridized carbons (Fsp3) is 0.933. The van der Waals surface area contributed by atoms with E-state index in [1.807, 2.05) is 41.5 Å². The molecule has 1 aliphatic heterocycles. The SMILES string of the molecule is CCC(N[S+]([O-])C(C)(C)C)C1CN(C(=O)OC(C)(C)C)C1. The largest absolute Gasteiger partial charge is 0.598 e. The molecule has 1 amide bonds. The number of amides is 1. The molecular weight excluding hydrogens is 288 g/mol. The van der Waals surface area contributed by atoms with Gasteiger partial charge in [-0.1, -0.05) is 6.92 Å². The van der Waals surface area contributed by atoms with Crippen molar-refractivity contribution >= 4 is 17.5 Å². The van der Waals surface area contributed by atoms with Crippen LogP contribution in [0.1, 0.15) is 54.9 Å². The number of nitrogens with zero attached hydrogens (tertiary/aromatic N) is 1. The van der Waals surface area contributed by atoms with Crippen LogP contribution in [0.2, 0.25) is 0 Å². The van der Waals surface area contributed by atoms with E-state index in [1.165, 1.54) is 0 Å². The Morgan fingerprint density at radius 2 is 1.86 bits per heavy atom. The zero-order valence-corrected chi connectivity index (χ0v) is 15.2. The van der Waals surface area contributed by atoms with Crippen molar-refractivity contribution in [3.05, 3.63) is 0 Å². The number of hydrogen-bond donors (Lipinski definition) is 1. The molecule has 1 fully saturated rings. The Bertz CT molecular complexity index is 357. The average Bonchev–Trinajstić information content (AvgIpc) is 2.21. The summed E-state index contributed by atoms with van der Waals surface area (Å²) < 4.78 is 20.5. The molecule has 0 radical (unpaired) electrons. The van der Waals surface area contributed by atoms with Crippen LogP contribution in [0, 0.1) is 5.92 Å². The standard InChI is InChI=1S/C15H30N2O3S/c1-8-12(16-21(19)15(5,6)7)11-9-17(10-11)13(18)20-14(2,3)4/h11-12,16H,8-10H2,1-7H3. The number of likely N-dealkylation sites (tertiary alicyclic amines) is 1. The molecule has 0 bridgehead atoms. The minimum Gasteiger partial charge on any atom is -0.598 e. The summed E-state index contributed by atoms with van der Waals surface area (Å²) in [7, 11) is 0. The molecular formula is C15H30N2O3S. The number of rotatable bonds is 4. The Labute approximate surface area is 132 Å². The van der Waals surface area contributed by atoms with E-state index in [0.29, 0.717) is 19.0 Å². The summed E-state index contributed by atoms with van der Waals surface area (Å²) in [5.74, 6) is 0.341. The van der Waals surface area contributed by atoms with E-state index in [9.17, 15) is 9.35 Å². The summed E-state index contributed by atoms with van der Waals surface area (Å²) in [5, 5.41) is 0. The van der Waals surface area contributed by atoms with Crippen molar-refractivity contribution in [2.75, 3.05) is 13.1 Å². The van der Waals surface area contributed by atoms with Crippen LogP contribution in [0.5, 0.6) is 0 Å². The minimum absolute atomic E-state index is 0.170. The molecule has 6 heteroatoms. The lowest BCUT2D eigenvalue weighted by atomic mass is 9.91. The van der Waals surface area contributed by atoms with Gasteiger partial charge < -0.3 is 14.2 Å². The van der Waals surface area contributed by atoms with Crippen LogP contribution < -0.4 is 4.72 Å². The Morgan fingerprint density at radius 1 is 1.33 bits per heavy atom. The maximum atomic E-state index is 12.2. The normalized spacial score (nSPS) is 19.9. The Morgan fingerprint density at radius 3 is 2.24 bits per heavy atom. The lowest BCUT2D eigenvalue weighted by Gasteiger charge is -2.43. The molecule has 1 heterocycles. The van der Waals surface area contributed by atoms with Crippen LogP contribution in [0.3, 0.4) is 0 Å². The van der Waals surface area contributed by atoms with Gasteiger partial charge in [-0.05, 0) is 48.0 Å². The van der Waals surface area contributed by atoms with Crippen molar-refractivity contribution < 1.29 is 14.1 Å². The van der Waals surface area contributed by atoms with E-state index >= 15 is 0 Å². The van der Waals surface area contributed by atoms with Gasteiger partial charge >= 0.3 is 6.09 Å². The van der Waals surface area contributed by atoms with Gasteiger partial charge in [-0.25, -0.2) is 4.79 Å². The molecule has 2 atom stereocenters. The van der Waals surface area contributed by atoms with Crippen LogP contribution in [0.15, 0.2) is 0 Å². The van der Waals surface area contributed by atoms with Crippen LogP contribution in [-0.4, -0.2) is 45.0 Å². The highest BCUT2D eigenvalue weighted by Crippen LogP contribution is 2.25. The average molecular weight is 318 g/mol. The second-order valence-corrected chi connectivity index (χ2v) is 9.66. The number of carbonyl (C=O) groups excluding carboxylic acids is 1. The summed E-state index contributed by atoms with van der Waals surface area (Å²) in [6.07, 6.45) is 0.639. The molecule has 1 N–H and O–H groups in total. The van der Waals surface area contributed by atoms with E-state index in [0.717, 1.165) is 6.42 Å². The smallest absolute Gasteiger partial charge is 0.410 e. The fourth-order valence-corrected chi connectivity index (χ4v) is 3.06. The first-order valence-electron chi connectivity index (χ1n) is 7.60. The molecule has 1 saturated heterocycles. The van der Waals surface area contributed by atoms with Crippen molar-refractivity contribution in [2.24, 2.45) is 5.92 Å². The zero-order chi connectivity index (χ0) is 16.4. The van der Waals surface area contributed by atoms with Gasteiger partial charge in [0.25, 0.3) is 0 Å². The van der Waals surface area contributed by atoms with Gasteiger partial charge in [-0.2, -0.15) is 0 Å². The number of hydrogen-bond acceptors (Lipinski definition) is 4. The monoisotopic (exact) mass is 318 g/mol. The van der Waals surface area contributed by atoms with Gasteiger partial charge in [-0.15, -0.1) is 4.72 Å². The first-order valence-corrected chi connectivity index (χ1v) is 8.75. The highest BCUT2D eigenvalue weighted by atomic mass is 32.2. The van der Waals surface area contributed by atoms with Crippen molar-refractivity contribution in [1.29, 1.82) is 0 Å². The highest BCUT2D eigenvalue weighted by Gasteiger charge is 2.40. The fourth-order valence-electron chi connectivity index (χ4n) is 2.07. The van der Waals surface area contributed by atoms with Crippen molar-refractivity contribution in [3.63, 3.8) is 0 Å². The number of ether oxygens (including phenoxy) is 1. The first kappa shape index (κ1) is 18.6. The highest BCUT2D eigenvalue weighted by molar-refractivity contribution is 7.90. The van der Waals surface area contributed by atoms with Gasteiger partial charge in [-0.3, -0.25) is 0 Å². The Kier molecular flexibility index (Phi) is 5.98. The number of nitrogens with one attached hydrogen (secondary N) is 1. The van der Waals surface area contributed by atoms with E-state index in [1.54, 1.807) is 4.90 Å². The Hall–Kier alpha value is -0.460. The van der Waals surface area contributed by atoms with Gasteiger partial charge in [0, 0.05) is 30.4 Å². The van der Waals surface area contributed by atoms with Gasteiger partial charge in [0.2, 0.25) is 0 Å². The lowest BCUT2D eigenvalue weighted by Crippen LogP contribution is -2.60. The predicted octanol–water partition coefficient (Wildman–Crippen LogP) is 2.68. The maximum absolute atomic E-state index is 12.2. The van der Waals surface area contributed by atoms with E-state index in [4.69, 9.17) is 4.74 Å². The molecule has 5 nitrogen and oxygen atoms in total.